The molecule has 0 atom stereocenters. The van der Waals surface area contributed by atoms with Gasteiger partial charge in [-0.05, 0) is 36.6 Å². The van der Waals surface area contributed by atoms with Gasteiger partial charge in [-0.1, -0.05) is 37.2 Å². The molecule has 1 amide bonds. The van der Waals surface area contributed by atoms with Gasteiger partial charge >= 0.3 is 12.1 Å². The number of nitrogens with one attached hydrogen (secondary N) is 1. The maximum Gasteiger partial charge on any atom is 0.412 e. The van der Waals surface area contributed by atoms with Crippen LogP contribution in [0.25, 0.3) is 0 Å². The van der Waals surface area contributed by atoms with Gasteiger partial charge in [-0.2, -0.15) is 4.98 Å². The molecular formula is C14H16ClN3O2S. The van der Waals surface area contributed by atoms with Gasteiger partial charge < -0.3 is 15.5 Å². The zero-order valence-corrected chi connectivity index (χ0v) is 13.5. The number of hydrogen-bond donors (Lipinski definition) is 2. The topological polar surface area (TPSA) is 81.0 Å². The molecule has 1 aromatic heterocycles. The molecule has 0 radical (unpaired) electrons. The standard InChI is InChI=1S/C14H16ClN3O2S/c1-7(2)11-12(18-14(17-11)20-13(16)19)21-10-5-8(3)4-9(15)6-10/h4-7H,1-3H3,(H2,16,19)(H,17,18). The summed E-state index contributed by atoms with van der Waals surface area (Å²) in [7, 11) is 0. The van der Waals surface area contributed by atoms with Crippen LogP contribution in [0, 0.1) is 6.92 Å². The van der Waals surface area contributed by atoms with E-state index < -0.39 is 6.09 Å². The highest BCUT2D eigenvalue weighted by atomic mass is 35.5. The monoisotopic (exact) mass is 325 g/mol. The fourth-order valence-electron chi connectivity index (χ4n) is 1.84. The number of ether oxygens (including phenoxy) is 1. The molecule has 2 rings (SSSR count). The predicted octanol–water partition coefficient (Wildman–Crippen LogP) is 4.10. The summed E-state index contributed by atoms with van der Waals surface area (Å²) < 4.78 is 4.80. The molecular weight excluding hydrogens is 310 g/mol. The molecule has 0 saturated heterocycles. The number of halogens is 1. The highest BCUT2D eigenvalue weighted by Crippen LogP contribution is 2.35. The number of hydrogen-bond acceptors (Lipinski definition) is 4. The first kappa shape index (κ1) is 15.7. The number of nitrogens with zero attached hydrogens (tertiary/aromatic N) is 1. The van der Waals surface area contributed by atoms with Crippen molar-refractivity contribution in [3.8, 4) is 6.01 Å². The van der Waals surface area contributed by atoms with Crippen molar-refractivity contribution in [2.24, 2.45) is 5.73 Å². The second-order valence-corrected chi connectivity index (χ2v) is 6.40. The number of benzene rings is 1. The van der Waals surface area contributed by atoms with E-state index in [-0.39, 0.29) is 11.9 Å². The van der Waals surface area contributed by atoms with Crippen LogP contribution >= 0.6 is 23.4 Å². The summed E-state index contributed by atoms with van der Waals surface area (Å²) in [6, 6.07) is 5.88. The van der Waals surface area contributed by atoms with Gasteiger partial charge in [-0.25, -0.2) is 4.79 Å². The van der Waals surface area contributed by atoms with Crippen LogP contribution in [0.1, 0.15) is 31.0 Å². The van der Waals surface area contributed by atoms with E-state index in [9.17, 15) is 4.79 Å². The van der Waals surface area contributed by atoms with Gasteiger partial charge in [0.25, 0.3) is 0 Å². The minimum atomic E-state index is -0.894. The lowest BCUT2D eigenvalue weighted by atomic mass is 10.2. The number of rotatable bonds is 4. The molecule has 7 heteroatoms. The van der Waals surface area contributed by atoms with Crippen LogP contribution in [-0.2, 0) is 0 Å². The summed E-state index contributed by atoms with van der Waals surface area (Å²) in [5.74, 6) is 0.200. The van der Waals surface area contributed by atoms with E-state index in [0.717, 1.165) is 21.2 Å². The van der Waals surface area contributed by atoms with E-state index in [1.807, 2.05) is 39.0 Å². The molecule has 5 nitrogen and oxygen atoms in total. The van der Waals surface area contributed by atoms with Gasteiger partial charge in [0.15, 0.2) is 0 Å². The van der Waals surface area contributed by atoms with Gasteiger partial charge in [0.2, 0.25) is 0 Å². The first-order valence-electron chi connectivity index (χ1n) is 6.37. The third kappa shape index (κ3) is 4.15. The number of aromatic amines is 1. The van der Waals surface area contributed by atoms with E-state index in [1.165, 1.54) is 11.8 Å². The van der Waals surface area contributed by atoms with Crippen LogP contribution in [0.4, 0.5) is 4.79 Å². The normalized spacial score (nSPS) is 10.9. The summed E-state index contributed by atoms with van der Waals surface area (Å²) in [6.07, 6.45) is -0.894. The summed E-state index contributed by atoms with van der Waals surface area (Å²) in [5.41, 5.74) is 6.96. The van der Waals surface area contributed by atoms with Gasteiger partial charge in [-0.15, -0.1) is 0 Å². The Kier molecular flexibility index (Phi) is 4.80. The molecule has 2 aromatic rings. The molecule has 1 heterocycles. The summed E-state index contributed by atoms with van der Waals surface area (Å²) >= 11 is 7.53. The Morgan fingerprint density at radius 2 is 2.14 bits per heavy atom. The van der Waals surface area contributed by atoms with Crippen molar-refractivity contribution >= 4 is 29.5 Å². The summed E-state index contributed by atoms with van der Waals surface area (Å²) in [5, 5.41) is 1.41. The fraction of sp³-hybridized carbons (Fsp3) is 0.286. The minimum Gasteiger partial charge on any atom is -0.376 e. The lowest BCUT2D eigenvalue weighted by molar-refractivity contribution is 0.207. The van der Waals surface area contributed by atoms with Crippen LogP contribution in [0.2, 0.25) is 5.02 Å². The molecule has 21 heavy (non-hydrogen) atoms. The molecule has 0 bridgehead atoms. The number of imidazole rings is 1. The zero-order valence-electron chi connectivity index (χ0n) is 11.9. The van der Waals surface area contributed by atoms with Gasteiger partial charge in [-0.3, -0.25) is 0 Å². The van der Waals surface area contributed by atoms with E-state index in [4.69, 9.17) is 22.1 Å². The molecule has 1 aromatic carbocycles. The Bertz CT molecular complexity index is 650. The molecule has 0 aliphatic heterocycles. The van der Waals surface area contributed by atoms with Crippen molar-refractivity contribution in [2.45, 2.75) is 36.6 Å². The quantitative estimate of drug-likeness (QED) is 0.886. The van der Waals surface area contributed by atoms with E-state index in [2.05, 4.69) is 9.97 Å². The second-order valence-electron chi connectivity index (χ2n) is 4.90. The van der Waals surface area contributed by atoms with E-state index in [0.29, 0.717) is 5.02 Å². The fourth-order valence-corrected chi connectivity index (χ4v) is 3.37. The highest BCUT2D eigenvalue weighted by molar-refractivity contribution is 7.99. The Hall–Kier alpha value is -1.66. The predicted molar refractivity (Wildman–Crippen MR) is 83.2 cm³/mol. The van der Waals surface area contributed by atoms with Crippen LogP contribution < -0.4 is 10.5 Å². The van der Waals surface area contributed by atoms with Crippen molar-refractivity contribution in [3.05, 3.63) is 34.5 Å². The lowest BCUT2D eigenvalue weighted by Crippen LogP contribution is -2.16. The number of H-pyrrole nitrogens is 1. The minimum absolute atomic E-state index is 0.104. The highest BCUT2D eigenvalue weighted by Gasteiger charge is 2.17. The third-order valence-electron chi connectivity index (χ3n) is 2.68. The number of nitrogens with two attached hydrogens (primary N) is 1. The Labute approximate surface area is 132 Å². The molecule has 0 fully saturated rings. The average molecular weight is 326 g/mol. The molecule has 0 spiro atoms. The van der Waals surface area contributed by atoms with Crippen LogP contribution in [-0.4, -0.2) is 16.1 Å². The van der Waals surface area contributed by atoms with Gasteiger partial charge in [0.1, 0.15) is 5.03 Å². The van der Waals surface area contributed by atoms with Crippen molar-refractivity contribution in [1.82, 2.24) is 9.97 Å². The van der Waals surface area contributed by atoms with Crippen molar-refractivity contribution in [1.29, 1.82) is 0 Å². The Morgan fingerprint density at radius 1 is 1.43 bits per heavy atom. The molecule has 3 N–H and O–H groups in total. The van der Waals surface area contributed by atoms with Crippen molar-refractivity contribution < 1.29 is 9.53 Å². The molecule has 0 aliphatic carbocycles. The molecule has 0 saturated carbocycles. The molecule has 0 aliphatic rings. The van der Waals surface area contributed by atoms with Crippen LogP contribution in [0.15, 0.2) is 28.1 Å². The Morgan fingerprint density at radius 3 is 2.71 bits per heavy atom. The van der Waals surface area contributed by atoms with Gasteiger partial charge in [0, 0.05) is 9.92 Å². The number of carbonyl (C=O) groups excluding carboxylic acids is 1. The van der Waals surface area contributed by atoms with E-state index >= 15 is 0 Å². The maximum absolute atomic E-state index is 10.8. The van der Waals surface area contributed by atoms with Crippen molar-refractivity contribution in [2.75, 3.05) is 0 Å². The van der Waals surface area contributed by atoms with Crippen molar-refractivity contribution in [3.63, 3.8) is 0 Å². The number of carbonyl (C=O) groups is 1. The lowest BCUT2D eigenvalue weighted by Gasteiger charge is -2.06. The first-order chi connectivity index (χ1) is 9.85. The van der Waals surface area contributed by atoms with E-state index in [1.54, 1.807) is 0 Å². The van der Waals surface area contributed by atoms with Gasteiger partial charge in [0.05, 0.1) is 5.69 Å². The molecule has 0 unspecified atom stereocenters. The van der Waals surface area contributed by atoms with Crippen LogP contribution in [0.5, 0.6) is 6.01 Å². The second kappa shape index (κ2) is 6.41. The molecule has 112 valence electrons. The smallest absolute Gasteiger partial charge is 0.376 e. The number of aryl methyl sites for hydroxylation is 1. The number of aromatic nitrogens is 2. The summed E-state index contributed by atoms with van der Waals surface area (Å²) in [4.78, 5) is 19.0. The zero-order chi connectivity index (χ0) is 15.6. The SMILES string of the molecule is Cc1cc(Cl)cc(Sc2nc(OC(N)=O)[nH]c2C(C)C)c1. The number of amides is 1. The third-order valence-corrected chi connectivity index (χ3v) is 3.87. The maximum atomic E-state index is 10.8. The average Bonchev–Trinajstić information content (AvgIpc) is 2.69. The first-order valence-corrected chi connectivity index (χ1v) is 7.57. The summed E-state index contributed by atoms with van der Waals surface area (Å²) in [6.45, 7) is 6.02. The van der Waals surface area contributed by atoms with Crippen LogP contribution in [0.3, 0.4) is 0 Å². The number of primary amides is 1. The largest absolute Gasteiger partial charge is 0.412 e. The Balaban J connectivity index is 2.33.